The second kappa shape index (κ2) is 5.57. The van der Waals surface area contributed by atoms with Crippen molar-refractivity contribution in [1.29, 1.82) is 0 Å². The summed E-state index contributed by atoms with van der Waals surface area (Å²) in [6.07, 6.45) is -8.29. The average Bonchev–Trinajstić information content (AvgIpc) is 3.23. The van der Waals surface area contributed by atoms with Crippen molar-refractivity contribution in [2.45, 2.75) is 123 Å². The van der Waals surface area contributed by atoms with E-state index in [9.17, 15) is 22.0 Å². The molecule has 11 unspecified atom stereocenters. The van der Waals surface area contributed by atoms with Crippen LogP contribution < -0.4 is 0 Å². The van der Waals surface area contributed by atoms with E-state index < -0.39 is 81.6 Å². The molecule has 3 saturated carbocycles. The topological polar surface area (TPSA) is 0 Å². The largest absolute Gasteiger partial charge is 0.241 e. The summed E-state index contributed by atoms with van der Waals surface area (Å²) in [4.78, 5) is 0. The first-order chi connectivity index (χ1) is 14.1. The lowest BCUT2D eigenvalue weighted by Crippen LogP contribution is -2.78. The summed E-state index contributed by atoms with van der Waals surface area (Å²) in [5.41, 5.74) is -55.0. The molecule has 11 atom stereocenters. The Morgan fingerprint density at radius 3 is 1.33 bits per heavy atom. The highest BCUT2D eigenvalue weighted by molar-refractivity contribution is 5.67. The first kappa shape index (κ1) is 26.7. The Morgan fingerprint density at radius 2 is 1.06 bits per heavy atom. The van der Waals surface area contributed by atoms with E-state index in [1.165, 1.54) is 0 Å². The molecule has 3 rings (SSSR count). The monoisotopic (exact) mass is 510 g/mol. The van der Waals surface area contributed by atoms with Crippen molar-refractivity contribution in [3.8, 4) is 0 Å². The molecule has 0 heterocycles. The summed E-state index contributed by atoms with van der Waals surface area (Å²) in [6, 6.07) is 0. The van der Waals surface area contributed by atoms with Gasteiger partial charge in [-0.15, -0.1) is 0 Å². The molecule has 0 aromatic carbocycles. The third kappa shape index (κ3) is 1.89. The number of fused-ring (bicyclic) bond motifs is 1. The van der Waals surface area contributed by atoms with E-state index in [2.05, 4.69) is 0 Å². The van der Waals surface area contributed by atoms with Crippen LogP contribution in [0.15, 0.2) is 0 Å². The minimum absolute atomic E-state index is 0.0548. The molecule has 0 aliphatic heterocycles. The summed E-state index contributed by atoms with van der Waals surface area (Å²) in [6.45, 7) is -0.478. The van der Waals surface area contributed by atoms with Gasteiger partial charge in [-0.1, -0.05) is 0 Å². The molecule has 0 aromatic rings. The van der Waals surface area contributed by atoms with E-state index in [-0.39, 0.29) is 41.5 Å². The van der Waals surface area contributed by atoms with E-state index in [0.29, 0.717) is 0 Å². The highest BCUT2D eigenvalue weighted by Gasteiger charge is 3.23. The highest BCUT2D eigenvalue weighted by Crippen LogP contribution is 2.93. The summed E-state index contributed by atoms with van der Waals surface area (Å²) in [7, 11) is 0. The Morgan fingerprint density at radius 1 is 0.697 bits per heavy atom. The van der Waals surface area contributed by atoms with Crippen LogP contribution in [0.1, 0.15) is 48.5 Å². The summed E-state index contributed by atoms with van der Waals surface area (Å²) >= 11 is 0. The van der Waals surface area contributed by atoms with Gasteiger partial charge in [-0.05, 0) is 48.5 Å². The fourth-order valence-electron chi connectivity index (χ4n) is 5.83. The van der Waals surface area contributed by atoms with Crippen LogP contribution in [0.2, 0.25) is 0 Å². The van der Waals surface area contributed by atoms with Gasteiger partial charge in [0.15, 0.2) is 29.3 Å². The van der Waals surface area contributed by atoms with Gasteiger partial charge in [-0.3, -0.25) is 0 Å². The number of alkyl halides is 13. The fraction of sp³-hybridized carbons (Fsp3) is 1.00. The van der Waals surface area contributed by atoms with E-state index in [0.717, 1.165) is 0 Å². The lowest BCUT2D eigenvalue weighted by atomic mass is 9.61. The van der Waals surface area contributed by atoms with Crippen molar-refractivity contribution in [2.75, 3.05) is 0 Å². The maximum atomic E-state index is 16.2. The summed E-state index contributed by atoms with van der Waals surface area (Å²) in [5.74, 6) is 0. The minimum atomic E-state index is -5.80. The molecule has 3 aliphatic carbocycles. The lowest BCUT2D eigenvalue weighted by Gasteiger charge is -2.52. The molecule has 0 aromatic heterocycles. The van der Waals surface area contributed by atoms with E-state index in [4.69, 9.17) is 0 Å². The summed E-state index contributed by atoms with van der Waals surface area (Å²) < 4.78 is 198. The van der Waals surface area contributed by atoms with E-state index >= 15 is 35.1 Å². The average molecular weight is 510 g/mol. The third-order valence-electron chi connectivity index (χ3n) is 8.43. The van der Waals surface area contributed by atoms with Gasteiger partial charge in [0.05, 0.1) is 0 Å². The Balaban J connectivity index is 2.41. The zero-order valence-corrected chi connectivity index (χ0v) is 18.6. The molecule has 0 amide bonds. The van der Waals surface area contributed by atoms with Crippen LogP contribution in [0, 0.1) is 0 Å². The van der Waals surface area contributed by atoms with Gasteiger partial charge in [-0.25, -0.2) is 57.1 Å². The Kier molecular flexibility index (Phi) is 4.50. The normalized spacial score (nSPS) is 59.1. The fourth-order valence-corrected chi connectivity index (χ4v) is 5.83. The molecule has 13 heteroatoms. The molecule has 0 spiro atoms. The molecule has 0 bridgehead atoms. The molecule has 0 saturated heterocycles. The highest BCUT2D eigenvalue weighted by atomic mass is 19.2. The van der Waals surface area contributed by atoms with E-state index in [1.54, 1.807) is 0 Å². The van der Waals surface area contributed by atoms with Crippen molar-refractivity contribution in [1.82, 2.24) is 0 Å². The van der Waals surface area contributed by atoms with Crippen LogP contribution in [0.4, 0.5) is 57.1 Å². The van der Waals surface area contributed by atoms with Gasteiger partial charge in [-0.2, -0.15) is 0 Å². The smallest absolute Gasteiger partial charge is 0.232 e. The van der Waals surface area contributed by atoms with Crippen molar-refractivity contribution >= 4 is 0 Å². The van der Waals surface area contributed by atoms with Gasteiger partial charge >= 0.3 is 0 Å². The van der Waals surface area contributed by atoms with Gasteiger partial charge in [0, 0.05) is 0 Å². The first-order valence-electron chi connectivity index (χ1n) is 9.92. The zero-order chi connectivity index (χ0) is 26.7. The predicted molar refractivity (Wildman–Crippen MR) is 91.7 cm³/mol. The maximum absolute atomic E-state index is 16.2. The van der Waals surface area contributed by atoms with Crippen LogP contribution in [-0.4, -0.2) is 74.7 Å². The number of hydrogen-bond donors (Lipinski definition) is 0. The molecule has 0 N–H and O–H groups in total. The van der Waals surface area contributed by atoms with Crippen molar-refractivity contribution < 1.29 is 57.1 Å². The number of halogens is 13. The minimum Gasteiger partial charge on any atom is -0.241 e. The second-order valence-electron chi connectivity index (χ2n) is 10.9. The van der Waals surface area contributed by atoms with Crippen molar-refractivity contribution in [3.05, 3.63) is 0 Å². The molecule has 33 heavy (non-hydrogen) atoms. The summed E-state index contributed by atoms with van der Waals surface area (Å²) in [5, 5.41) is 0. The maximum Gasteiger partial charge on any atom is 0.232 e. The molecule has 194 valence electrons. The quantitative estimate of drug-likeness (QED) is 0.364. The van der Waals surface area contributed by atoms with Crippen LogP contribution in [0.25, 0.3) is 0 Å². The van der Waals surface area contributed by atoms with Crippen LogP contribution >= 0.6 is 0 Å². The number of rotatable bonds is 5. The molecular formula is C20H23F13. The van der Waals surface area contributed by atoms with Crippen LogP contribution in [-0.2, 0) is 0 Å². The van der Waals surface area contributed by atoms with Gasteiger partial charge in [0.2, 0.25) is 34.0 Å². The Labute approximate surface area is 181 Å². The van der Waals surface area contributed by atoms with Gasteiger partial charge < -0.3 is 0 Å². The number of hydrogen-bond acceptors (Lipinski definition) is 0. The Hall–Kier alpha value is -0.910. The Bertz CT molecular complexity index is 889. The standard InChI is InChI=1S/C20H23F13/c1-10(2,23)12(5,25)8(21)16(29)14(7,27)18(31)19(32,15(28)9(22)13(15,6)26)20(18,33)17(16,30)11(3,4)24/h8-9H,1-7H3. The predicted octanol–water partition coefficient (Wildman–Crippen LogP) is 6.63. The SMILES string of the molecule is CC(C)(F)C(C)(F)C(F)C1(F)C(C)(F)C2(F)C(F)(C3(F)C(F)C3(C)F)C2(F)C1(F)C(C)(C)F. The first-order valence-corrected chi connectivity index (χ1v) is 9.92. The second-order valence-corrected chi connectivity index (χ2v) is 10.9. The molecule has 0 nitrogen and oxygen atoms in total. The van der Waals surface area contributed by atoms with Crippen molar-refractivity contribution in [3.63, 3.8) is 0 Å². The molecule has 3 aliphatic rings. The van der Waals surface area contributed by atoms with Crippen LogP contribution in [0.3, 0.4) is 0 Å². The zero-order valence-electron chi connectivity index (χ0n) is 18.6. The third-order valence-corrected chi connectivity index (χ3v) is 8.43. The molecule has 3 fully saturated rings. The molecular weight excluding hydrogens is 487 g/mol. The van der Waals surface area contributed by atoms with Crippen LogP contribution in [0.5, 0.6) is 0 Å². The lowest BCUT2D eigenvalue weighted by molar-refractivity contribution is -0.264. The van der Waals surface area contributed by atoms with E-state index in [1.807, 2.05) is 0 Å². The molecule has 0 radical (unpaired) electrons. The van der Waals surface area contributed by atoms with Crippen molar-refractivity contribution in [2.24, 2.45) is 0 Å². The van der Waals surface area contributed by atoms with Gasteiger partial charge in [0.25, 0.3) is 0 Å². The van der Waals surface area contributed by atoms with Gasteiger partial charge in [0.1, 0.15) is 11.3 Å².